The topological polar surface area (TPSA) is 55.8 Å². The number of carbonyl (C=O) groups is 2. The molecule has 0 N–H and O–H groups in total. The third-order valence-electron chi connectivity index (χ3n) is 6.69. The number of rotatable bonds is 8. The van der Waals surface area contributed by atoms with Crippen molar-refractivity contribution in [1.29, 1.82) is 0 Å². The monoisotopic (exact) mass is 513 g/mol. The van der Waals surface area contributed by atoms with Crippen LogP contribution >= 0.6 is 11.3 Å². The van der Waals surface area contributed by atoms with Gasteiger partial charge < -0.3 is 9.47 Å². The minimum atomic E-state index is -0.361. The van der Waals surface area contributed by atoms with Crippen molar-refractivity contribution in [3.8, 4) is 21.9 Å². The van der Waals surface area contributed by atoms with Crippen molar-refractivity contribution in [2.24, 2.45) is 0 Å². The van der Waals surface area contributed by atoms with Crippen molar-refractivity contribution >= 4 is 33.2 Å². The molecule has 5 rings (SSSR count). The average Bonchev–Trinajstić information content (AvgIpc) is 3.10. The fraction of sp³-hybridized carbons (Fsp3) is 0.290. The number of hydrogen-bond donors (Lipinski definition) is 0. The van der Waals surface area contributed by atoms with E-state index in [0.29, 0.717) is 23.5 Å². The molecule has 0 amide bonds. The Kier molecular flexibility index (Phi) is 7.97. The second-order valence-electron chi connectivity index (χ2n) is 9.38. The number of ether oxygens (including phenoxy) is 2. The van der Waals surface area contributed by atoms with Crippen LogP contribution in [0, 0.1) is 0 Å². The highest BCUT2D eigenvalue weighted by Gasteiger charge is 2.21. The van der Waals surface area contributed by atoms with Gasteiger partial charge in [0.2, 0.25) is 0 Å². The largest absolute Gasteiger partial charge is 0.492 e. The molecule has 1 saturated heterocycles. The number of likely N-dealkylation sites (tertiary alicyclic amines) is 1. The van der Waals surface area contributed by atoms with Crippen LogP contribution in [-0.4, -0.2) is 42.9 Å². The van der Waals surface area contributed by atoms with Crippen LogP contribution < -0.4 is 9.47 Å². The predicted octanol–water partition coefficient (Wildman–Crippen LogP) is 6.98. The number of thiophene rings is 1. The summed E-state index contributed by atoms with van der Waals surface area (Å²) in [5.41, 5.74) is 2.23. The number of nitrogens with zero attached hydrogens (tertiary/aromatic N) is 1. The Balaban J connectivity index is 1.34. The highest BCUT2D eigenvalue weighted by Crippen LogP contribution is 2.40. The van der Waals surface area contributed by atoms with Gasteiger partial charge >= 0.3 is 5.97 Å². The average molecular weight is 514 g/mol. The molecule has 1 aromatic heterocycles. The maximum atomic E-state index is 13.8. The van der Waals surface area contributed by atoms with Gasteiger partial charge in [-0.1, -0.05) is 31.0 Å². The quantitative estimate of drug-likeness (QED) is 0.145. The maximum absolute atomic E-state index is 13.8. The Morgan fingerprint density at radius 3 is 2.22 bits per heavy atom. The van der Waals surface area contributed by atoms with Crippen LogP contribution in [0.2, 0.25) is 0 Å². The molecule has 190 valence electrons. The van der Waals surface area contributed by atoms with Crippen LogP contribution in [0.4, 0.5) is 0 Å². The van der Waals surface area contributed by atoms with Crippen LogP contribution in [0.1, 0.15) is 48.5 Å². The molecule has 0 unspecified atom stereocenters. The summed E-state index contributed by atoms with van der Waals surface area (Å²) < 4.78 is 12.2. The molecule has 0 aliphatic carbocycles. The van der Waals surface area contributed by atoms with Crippen molar-refractivity contribution in [2.45, 2.75) is 32.6 Å². The molecule has 0 bridgehead atoms. The van der Waals surface area contributed by atoms with Crippen LogP contribution in [0.25, 0.3) is 20.5 Å². The van der Waals surface area contributed by atoms with Gasteiger partial charge in [0.25, 0.3) is 0 Å². The molecule has 6 heteroatoms. The summed E-state index contributed by atoms with van der Waals surface area (Å²) in [5.74, 6) is 0.881. The highest BCUT2D eigenvalue weighted by molar-refractivity contribution is 7.22. The lowest BCUT2D eigenvalue weighted by atomic mass is 9.97. The van der Waals surface area contributed by atoms with E-state index in [0.717, 1.165) is 45.9 Å². The lowest BCUT2D eigenvalue weighted by Gasteiger charge is -2.19. The maximum Gasteiger partial charge on any atom is 0.308 e. The van der Waals surface area contributed by atoms with Crippen LogP contribution in [-0.2, 0) is 4.79 Å². The summed E-state index contributed by atoms with van der Waals surface area (Å²) in [6.45, 7) is 5.26. The van der Waals surface area contributed by atoms with Crippen LogP contribution in [0.3, 0.4) is 0 Å². The van der Waals surface area contributed by atoms with Gasteiger partial charge in [-0.25, -0.2) is 0 Å². The molecule has 0 radical (unpaired) electrons. The van der Waals surface area contributed by atoms with Gasteiger partial charge in [-0.2, -0.15) is 0 Å². The Bertz CT molecular complexity index is 1370. The normalized spacial score (nSPS) is 14.3. The molecule has 0 spiro atoms. The number of carbonyl (C=O) groups excluding carboxylic acids is 2. The zero-order valence-electron chi connectivity index (χ0n) is 21.1. The molecule has 5 nitrogen and oxygen atoms in total. The van der Waals surface area contributed by atoms with E-state index in [4.69, 9.17) is 9.47 Å². The fourth-order valence-corrected chi connectivity index (χ4v) is 6.02. The first-order valence-electron chi connectivity index (χ1n) is 12.9. The summed E-state index contributed by atoms with van der Waals surface area (Å²) in [7, 11) is 0. The summed E-state index contributed by atoms with van der Waals surface area (Å²) in [6, 6.07) is 22.7. The number of esters is 1. The van der Waals surface area contributed by atoms with E-state index in [9.17, 15) is 9.59 Å². The van der Waals surface area contributed by atoms with E-state index in [1.165, 1.54) is 32.6 Å². The first kappa shape index (κ1) is 25.2. The number of ketones is 1. The number of benzene rings is 3. The SMILES string of the molecule is CC(=O)Oc1ccc(-c2sc3ccccc3c2C(=O)c2ccc(OCCN3CCCCCC3)cc2)cc1. The Labute approximate surface area is 221 Å². The highest BCUT2D eigenvalue weighted by atomic mass is 32.1. The van der Waals surface area contributed by atoms with Gasteiger partial charge in [0.15, 0.2) is 5.78 Å². The Hall–Kier alpha value is -3.48. The Morgan fingerprint density at radius 2 is 1.51 bits per heavy atom. The molecule has 3 aromatic carbocycles. The predicted molar refractivity (Wildman–Crippen MR) is 149 cm³/mol. The molecule has 37 heavy (non-hydrogen) atoms. The van der Waals surface area contributed by atoms with Crippen molar-refractivity contribution in [2.75, 3.05) is 26.2 Å². The lowest BCUT2D eigenvalue weighted by molar-refractivity contribution is -0.131. The summed E-state index contributed by atoms with van der Waals surface area (Å²) in [6.07, 6.45) is 5.19. The first-order chi connectivity index (χ1) is 18.1. The molecule has 2 heterocycles. The minimum absolute atomic E-state index is 0.0207. The van der Waals surface area contributed by atoms with Gasteiger partial charge in [0, 0.05) is 39.6 Å². The van der Waals surface area contributed by atoms with Crippen LogP contribution in [0.5, 0.6) is 11.5 Å². The molecule has 1 aliphatic rings. The molecule has 0 atom stereocenters. The number of hydrogen-bond acceptors (Lipinski definition) is 6. The molecule has 4 aromatic rings. The van der Waals surface area contributed by atoms with E-state index < -0.39 is 0 Å². The standard InChI is InChI=1S/C31H31NO4S/c1-22(33)36-26-16-12-24(13-17-26)31-29(27-8-4-5-9-28(27)37-31)30(34)23-10-14-25(15-11-23)35-21-20-32-18-6-2-3-7-19-32/h4-5,8-17H,2-3,6-7,18-21H2,1H3. The first-order valence-corrected chi connectivity index (χ1v) is 13.7. The molecule has 1 aliphatic heterocycles. The van der Waals surface area contributed by atoms with Gasteiger partial charge in [0.1, 0.15) is 18.1 Å². The second-order valence-corrected chi connectivity index (χ2v) is 10.4. The fourth-order valence-electron chi connectivity index (χ4n) is 4.81. The van der Waals surface area contributed by atoms with E-state index in [1.807, 2.05) is 60.7 Å². The lowest BCUT2D eigenvalue weighted by Crippen LogP contribution is -2.29. The number of fused-ring (bicyclic) bond motifs is 1. The Morgan fingerprint density at radius 1 is 0.838 bits per heavy atom. The molecule has 1 fully saturated rings. The smallest absolute Gasteiger partial charge is 0.308 e. The van der Waals surface area contributed by atoms with E-state index in [1.54, 1.807) is 23.5 Å². The molecular weight excluding hydrogens is 482 g/mol. The third-order valence-corrected chi connectivity index (χ3v) is 7.91. The van der Waals surface area contributed by atoms with Gasteiger partial charge in [-0.3, -0.25) is 14.5 Å². The summed E-state index contributed by atoms with van der Waals surface area (Å²) >= 11 is 1.59. The summed E-state index contributed by atoms with van der Waals surface area (Å²) in [5, 5.41) is 0.939. The second kappa shape index (κ2) is 11.7. The third kappa shape index (κ3) is 6.09. The van der Waals surface area contributed by atoms with E-state index in [2.05, 4.69) is 4.90 Å². The minimum Gasteiger partial charge on any atom is -0.492 e. The van der Waals surface area contributed by atoms with Crippen molar-refractivity contribution in [3.63, 3.8) is 0 Å². The van der Waals surface area contributed by atoms with Crippen LogP contribution in [0.15, 0.2) is 72.8 Å². The zero-order valence-corrected chi connectivity index (χ0v) is 21.9. The molecule has 0 saturated carbocycles. The van der Waals surface area contributed by atoms with E-state index >= 15 is 0 Å². The van der Waals surface area contributed by atoms with Gasteiger partial charge in [-0.05, 0) is 86.1 Å². The zero-order chi connectivity index (χ0) is 25.6. The van der Waals surface area contributed by atoms with Crippen molar-refractivity contribution in [1.82, 2.24) is 4.90 Å². The van der Waals surface area contributed by atoms with E-state index in [-0.39, 0.29) is 11.8 Å². The van der Waals surface area contributed by atoms with Gasteiger partial charge in [-0.15, -0.1) is 11.3 Å². The summed E-state index contributed by atoms with van der Waals surface area (Å²) in [4.78, 5) is 28.4. The van der Waals surface area contributed by atoms with Gasteiger partial charge in [0.05, 0.1) is 0 Å². The molecular formula is C31H31NO4S. The van der Waals surface area contributed by atoms with Crippen molar-refractivity contribution in [3.05, 3.63) is 83.9 Å². The van der Waals surface area contributed by atoms with Crippen molar-refractivity contribution < 1.29 is 19.1 Å².